The summed E-state index contributed by atoms with van der Waals surface area (Å²) in [6, 6.07) is 8.25. The smallest absolute Gasteiger partial charge is 0.0908 e. The summed E-state index contributed by atoms with van der Waals surface area (Å²) in [5, 5.41) is 4.97. The van der Waals surface area contributed by atoms with E-state index in [1.807, 2.05) is 19.2 Å². The Balaban J connectivity index is 2.53. The molecule has 4 heteroatoms. The molecule has 0 aliphatic rings. The van der Waals surface area contributed by atoms with E-state index in [0.717, 1.165) is 16.6 Å². The largest absolute Gasteiger partial charge is 0.396 e. The van der Waals surface area contributed by atoms with Crippen LogP contribution in [0.5, 0.6) is 0 Å². The van der Waals surface area contributed by atoms with Crippen molar-refractivity contribution in [3.63, 3.8) is 0 Å². The molecule has 2 aromatic rings. The van der Waals surface area contributed by atoms with Gasteiger partial charge in [-0.05, 0) is 11.6 Å². The van der Waals surface area contributed by atoms with Gasteiger partial charge in [0.05, 0.1) is 17.6 Å². The van der Waals surface area contributed by atoms with E-state index in [-0.39, 0.29) is 0 Å². The first kappa shape index (κ1) is 10.2. The Morgan fingerprint density at radius 1 is 1.47 bits per heavy atom. The van der Waals surface area contributed by atoms with Gasteiger partial charge >= 0.3 is 0 Å². The van der Waals surface area contributed by atoms with Crippen LogP contribution in [0, 0.1) is 0 Å². The van der Waals surface area contributed by atoms with Gasteiger partial charge in [0, 0.05) is 17.9 Å². The van der Waals surface area contributed by atoms with Crippen LogP contribution in [0.2, 0.25) is 0 Å². The Hall–Kier alpha value is -1.29. The number of aromatic nitrogens is 2. The number of benzene rings is 1. The first-order chi connectivity index (χ1) is 7.22. The number of hydrogen-bond donors (Lipinski definition) is 1. The molecule has 0 aliphatic heterocycles. The van der Waals surface area contributed by atoms with Crippen LogP contribution in [0.25, 0.3) is 11.3 Å². The molecule has 2 rings (SSSR count). The lowest BCUT2D eigenvalue weighted by Gasteiger charge is -2.05. The Labute approximate surface area is 97.0 Å². The molecule has 0 saturated carbocycles. The zero-order valence-electron chi connectivity index (χ0n) is 8.44. The zero-order valence-corrected chi connectivity index (χ0v) is 10.0. The maximum absolute atomic E-state index is 5.87. The lowest BCUT2D eigenvalue weighted by Crippen LogP contribution is -1.96. The van der Waals surface area contributed by atoms with E-state index in [2.05, 4.69) is 33.2 Å². The fourth-order valence-electron chi connectivity index (χ4n) is 1.61. The molecule has 2 N–H and O–H groups in total. The minimum absolute atomic E-state index is 0.712. The van der Waals surface area contributed by atoms with E-state index < -0.39 is 0 Å². The standard InChI is InChI=1S/C11H12BrN3/c1-15-11(10(13)7-14-15)9-4-2-3-8(5-9)6-12/h2-5,7H,6,13H2,1H3. The van der Waals surface area contributed by atoms with Crippen molar-refractivity contribution >= 4 is 21.6 Å². The monoisotopic (exact) mass is 265 g/mol. The number of halogens is 1. The van der Waals surface area contributed by atoms with E-state index in [0.29, 0.717) is 5.69 Å². The second kappa shape index (κ2) is 4.06. The lowest BCUT2D eigenvalue weighted by atomic mass is 10.1. The number of nitrogens with zero attached hydrogens (tertiary/aromatic N) is 2. The quantitative estimate of drug-likeness (QED) is 0.849. The summed E-state index contributed by atoms with van der Waals surface area (Å²) in [7, 11) is 1.90. The number of aryl methyl sites for hydroxylation is 1. The van der Waals surface area contributed by atoms with Gasteiger partial charge in [0.15, 0.2) is 0 Å². The first-order valence-electron chi connectivity index (χ1n) is 4.65. The van der Waals surface area contributed by atoms with Crippen LogP contribution >= 0.6 is 15.9 Å². The van der Waals surface area contributed by atoms with Crippen LogP contribution in [0.3, 0.4) is 0 Å². The van der Waals surface area contributed by atoms with Gasteiger partial charge in [0.25, 0.3) is 0 Å². The maximum atomic E-state index is 5.87. The fraction of sp³-hybridized carbons (Fsp3) is 0.182. The number of nitrogens with two attached hydrogens (primary N) is 1. The van der Waals surface area contributed by atoms with Gasteiger partial charge in [-0.1, -0.05) is 34.1 Å². The highest BCUT2D eigenvalue weighted by Crippen LogP contribution is 2.25. The van der Waals surface area contributed by atoms with Crippen LogP contribution in [0.4, 0.5) is 5.69 Å². The van der Waals surface area contributed by atoms with E-state index in [9.17, 15) is 0 Å². The Kier molecular flexibility index (Phi) is 2.77. The molecule has 0 unspecified atom stereocenters. The van der Waals surface area contributed by atoms with Crippen LogP contribution in [-0.4, -0.2) is 9.78 Å². The summed E-state index contributed by atoms with van der Waals surface area (Å²) < 4.78 is 1.79. The molecule has 1 aromatic carbocycles. The van der Waals surface area contributed by atoms with Crippen molar-refractivity contribution in [1.82, 2.24) is 9.78 Å². The molecule has 0 atom stereocenters. The van der Waals surface area contributed by atoms with Crippen LogP contribution in [0.15, 0.2) is 30.5 Å². The Morgan fingerprint density at radius 2 is 2.27 bits per heavy atom. The topological polar surface area (TPSA) is 43.8 Å². The molecule has 3 nitrogen and oxygen atoms in total. The van der Waals surface area contributed by atoms with Crippen molar-refractivity contribution in [2.45, 2.75) is 5.33 Å². The predicted molar refractivity (Wildman–Crippen MR) is 65.7 cm³/mol. The normalized spacial score (nSPS) is 10.5. The van der Waals surface area contributed by atoms with E-state index >= 15 is 0 Å². The zero-order chi connectivity index (χ0) is 10.8. The van der Waals surface area contributed by atoms with Crippen molar-refractivity contribution in [2.24, 2.45) is 7.05 Å². The van der Waals surface area contributed by atoms with Crippen LogP contribution in [0.1, 0.15) is 5.56 Å². The molecular weight excluding hydrogens is 254 g/mol. The third-order valence-corrected chi connectivity index (χ3v) is 2.97. The summed E-state index contributed by atoms with van der Waals surface area (Å²) in [5.41, 5.74) is 9.88. The van der Waals surface area contributed by atoms with Gasteiger partial charge in [0.1, 0.15) is 0 Å². The van der Waals surface area contributed by atoms with Gasteiger partial charge in [-0.15, -0.1) is 0 Å². The summed E-state index contributed by atoms with van der Waals surface area (Å²) in [6.07, 6.45) is 1.68. The highest BCUT2D eigenvalue weighted by Gasteiger charge is 2.07. The number of alkyl halides is 1. The summed E-state index contributed by atoms with van der Waals surface area (Å²) in [6.45, 7) is 0. The summed E-state index contributed by atoms with van der Waals surface area (Å²) >= 11 is 3.44. The van der Waals surface area contributed by atoms with Gasteiger partial charge in [0.2, 0.25) is 0 Å². The number of hydrogen-bond acceptors (Lipinski definition) is 2. The lowest BCUT2D eigenvalue weighted by molar-refractivity contribution is 0.776. The highest BCUT2D eigenvalue weighted by atomic mass is 79.9. The molecule has 0 saturated heterocycles. The third kappa shape index (κ3) is 1.90. The fourth-order valence-corrected chi connectivity index (χ4v) is 1.96. The van der Waals surface area contributed by atoms with E-state index in [4.69, 9.17) is 5.73 Å². The molecule has 1 heterocycles. The first-order valence-corrected chi connectivity index (χ1v) is 5.77. The average Bonchev–Trinajstić information content (AvgIpc) is 2.59. The minimum Gasteiger partial charge on any atom is -0.396 e. The number of rotatable bonds is 2. The van der Waals surface area contributed by atoms with Gasteiger partial charge in [-0.2, -0.15) is 5.10 Å². The molecular formula is C11H12BrN3. The molecule has 0 amide bonds. The number of nitrogen functional groups attached to an aromatic ring is 1. The second-order valence-electron chi connectivity index (χ2n) is 3.41. The highest BCUT2D eigenvalue weighted by molar-refractivity contribution is 9.08. The maximum Gasteiger partial charge on any atom is 0.0908 e. The molecule has 0 spiro atoms. The van der Waals surface area contributed by atoms with E-state index in [1.54, 1.807) is 10.9 Å². The summed E-state index contributed by atoms with van der Waals surface area (Å²) in [4.78, 5) is 0. The van der Waals surface area contributed by atoms with E-state index in [1.165, 1.54) is 5.56 Å². The molecule has 78 valence electrons. The van der Waals surface area contributed by atoms with Crippen molar-refractivity contribution < 1.29 is 0 Å². The molecule has 0 fully saturated rings. The third-order valence-electron chi connectivity index (χ3n) is 2.32. The Morgan fingerprint density at radius 3 is 2.87 bits per heavy atom. The van der Waals surface area contributed by atoms with Crippen LogP contribution in [-0.2, 0) is 12.4 Å². The molecule has 0 bridgehead atoms. The predicted octanol–water partition coefficient (Wildman–Crippen LogP) is 2.56. The minimum atomic E-state index is 0.712. The molecule has 1 aromatic heterocycles. The average molecular weight is 266 g/mol. The van der Waals surface area contributed by atoms with Crippen molar-refractivity contribution in [3.8, 4) is 11.3 Å². The SMILES string of the molecule is Cn1ncc(N)c1-c1cccc(CBr)c1. The van der Waals surface area contributed by atoms with Crippen LogP contribution < -0.4 is 5.73 Å². The Bertz CT molecular complexity index is 457. The van der Waals surface area contributed by atoms with Gasteiger partial charge in [-0.25, -0.2) is 0 Å². The van der Waals surface area contributed by atoms with Crippen molar-refractivity contribution in [2.75, 3.05) is 5.73 Å². The van der Waals surface area contributed by atoms with Gasteiger partial charge in [-0.3, -0.25) is 4.68 Å². The van der Waals surface area contributed by atoms with Crippen molar-refractivity contribution in [3.05, 3.63) is 36.0 Å². The second-order valence-corrected chi connectivity index (χ2v) is 3.97. The number of anilines is 1. The van der Waals surface area contributed by atoms with Gasteiger partial charge < -0.3 is 5.73 Å². The molecule has 0 aliphatic carbocycles. The summed E-state index contributed by atoms with van der Waals surface area (Å²) in [5.74, 6) is 0. The molecule has 0 radical (unpaired) electrons. The van der Waals surface area contributed by atoms with Crippen molar-refractivity contribution in [1.29, 1.82) is 0 Å². The molecule has 15 heavy (non-hydrogen) atoms.